The predicted octanol–water partition coefficient (Wildman–Crippen LogP) is 11.4. The summed E-state index contributed by atoms with van der Waals surface area (Å²) in [6.45, 7) is 0. The molecule has 0 N–H and O–H groups in total. The van der Waals surface area contributed by atoms with Crippen molar-refractivity contribution in [2.24, 2.45) is 0 Å². The number of nitrogens with zero attached hydrogens (tertiary/aromatic N) is 2. The standard InChI is InChI=1S/C42H26N2O/c1-3-11-27(12-4-1)28-19-23-37-35(25-28)31-15-7-9-17-36(31)44(37)30-20-21-34-39(26-30)43(29-13-5-2-6-14-29)38-24-22-33-32-16-8-10-18-40(32)45-42(33)41(34)38/h1-26H. The summed E-state index contributed by atoms with van der Waals surface area (Å²) in [6.07, 6.45) is 0. The number of furan rings is 1. The molecule has 3 nitrogen and oxygen atoms in total. The number of aromatic nitrogens is 2. The molecule has 0 aliphatic carbocycles. The molecule has 0 spiro atoms. The van der Waals surface area contributed by atoms with Crippen molar-refractivity contribution in [1.29, 1.82) is 0 Å². The van der Waals surface area contributed by atoms with Gasteiger partial charge in [0.2, 0.25) is 0 Å². The Kier molecular flexibility index (Phi) is 5.00. The topological polar surface area (TPSA) is 23.0 Å². The van der Waals surface area contributed by atoms with Crippen molar-refractivity contribution in [3.8, 4) is 22.5 Å². The molecule has 0 saturated heterocycles. The second kappa shape index (κ2) is 9.22. The van der Waals surface area contributed by atoms with Crippen LogP contribution in [0, 0.1) is 0 Å². The summed E-state index contributed by atoms with van der Waals surface area (Å²) in [6, 6.07) is 56.5. The van der Waals surface area contributed by atoms with Crippen molar-refractivity contribution in [3.63, 3.8) is 0 Å². The second-order valence-electron chi connectivity index (χ2n) is 11.8. The van der Waals surface area contributed by atoms with Crippen molar-refractivity contribution < 1.29 is 4.42 Å². The van der Waals surface area contributed by atoms with E-state index in [0.29, 0.717) is 0 Å². The van der Waals surface area contributed by atoms with E-state index >= 15 is 0 Å². The summed E-state index contributed by atoms with van der Waals surface area (Å²) in [5, 5.41) is 7.11. The van der Waals surface area contributed by atoms with Crippen molar-refractivity contribution in [1.82, 2.24) is 9.13 Å². The van der Waals surface area contributed by atoms with Crippen LogP contribution in [0.1, 0.15) is 0 Å². The summed E-state index contributed by atoms with van der Waals surface area (Å²) in [5.74, 6) is 0. The van der Waals surface area contributed by atoms with Crippen LogP contribution in [0.2, 0.25) is 0 Å². The second-order valence-corrected chi connectivity index (χ2v) is 11.8. The smallest absolute Gasteiger partial charge is 0.145 e. The van der Waals surface area contributed by atoms with Gasteiger partial charge >= 0.3 is 0 Å². The summed E-state index contributed by atoms with van der Waals surface area (Å²) in [7, 11) is 0. The van der Waals surface area contributed by atoms with Crippen LogP contribution in [0.4, 0.5) is 0 Å². The molecule has 10 rings (SSSR count). The lowest BCUT2D eigenvalue weighted by Crippen LogP contribution is -1.96. The lowest BCUT2D eigenvalue weighted by atomic mass is 10.0. The van der Waals surface area contributed by atoms with E-state index in [1.165, 1.54) is 38.3 Å². The molecule has 0 radical (unpaired) electrons. The van der Waals surface area contributed by atoms with E-state index in [-0.39, 0.29) is 0 Å². The number of benzene rings is 7. The Bertz CT molecular complexity index is 2740. The normalized spacial score (nSPS) is 12.0. The van der Waals surface area contributed by atoms with E-state index in [1.807, 2.05) is 6.07 Å². The Labute approximate surface area is 258 Å². The van der Waals surface area contributed by atoms with Gasteiger partial charge in [0.05, 0.1) is 27.5 Å². The fourth-order valence-corrected chi connectivity index (χ4v) is 7.33. The summed E-state index contributed by atoms with van der Waals surface area (Å²) in [4.78, 5) is 0. The first-order valence-corrected chi connectivity index (χ1v) is 15.4. The molecule has 3 heterocycles. The molecule has 3 aromatic heterocycles. The first kappa shape index (κ1) is 24.4. The Balaban J connectivity index is 1.29. The molecule has 0 unspecified atom stereocenters. The van der Waals surface area contributed by atoms with Crippen molar-refractivity contribution in [3.05, 3.63) is 158 Å². The van der Waals surface area contributed by atoms with Gasteiger partial charge < -0.3 is 13.6 Å². The van der Waals surface area contributed by atoms with Crippen molar-refractivity contribution in [2.75, 3.05) is 0 Å². The molecule has 210 valence electrons. The van der Waals surface area contributed by atoms with Crippen molar-refractivity contribution >= 4 is 65.6 Å². The van der Waals surface area contributed by atoms with Gasteiger partial charge in [-0.25, -0.2) is 0 Å². The van der Waals surface area contributed by atoms with Gasteiger partial charge in [-0.15, -0.1) is 0 Å². The monoisotopic (exact) mass is 574 g/mol. The zero-order chi connectivity index (χ0) is 29.5. The maximum Gasteiger partial charge on any atom is 0.145 e. The number of fused-ring (bicyclic) bond motifs is 10. The van der Waals surface area contributed by atoms with Gasteiger partial charge in [0.15, 0.2) is 0 Å². The van der Waals surface area contributed by atoms with E-state index < -0.39 is 0 Å². The lowest BCUT2D eigenvalue weighted by Gasteiger charge is -2.11. The van der Waals surface area contributed by atoms with E-state index in [1.54, 1.807) is 0 Å². The highest BCUT2D eigenvalue weighted by Crippen LogP contribution is 2.42. The van der Waals surface area contributed by atoms with Crippen LogP contribution in [0.5, 0.6) is 0 Å². The van der Waals surface area contributed by atoms with Crippen LogP contribution in [-0.4, -0.2) is 9.13 Å². The van der Waals surface area contributed by atoms with E-state index in [4.69, 9.17) is 4.42 Å². The van der Waals surface area contributed by atoms with Gasteiger partial charge in [0.25, 0.3) is 0 Å². The molecule has 3 heteroatoms. The molecule has 7 aromatic carbocycles. The van der Waals surface area contributed by atoms with Crippen LogP contribution in [-0.2, 0) is 0 Å². The molecule has 45 heavy (non-hydrogen) atoms. The zero-order valence-corrected chi connectivity index (χ0v) is 24.3. The average Bonchev–Trinajstić information content (AvgIpc) is 3.76. The molecular formula is C42H26N2O. The van der Waals surface area contributed by atoms with Crippen LogP contribution in [0.25, 0.3) is 88.1 Å². The van der Waals surface area contributed by atoms with Gasteiger partial charge in [-0.3, -0.25) is 0 Å². The maximum atomic E-state index is 6.57. The zero-order valence-electron chi connectivity index (χ0n) is 24.3. The Hall–Kier alpha value is -6.06. The van der Waals surface area contributed by atoms with Crippen LogP contribution < -0.4 is 0 Å². The van der Waals surface area contributed by atoms with E-state index in [0.717, 1.165) is 49.7 Å². The van der Waals surface area contributed by atoms with Gasteiger partial charge in [0, 0.05) is 38.3 Å². The third-order valence-electron chi connectivity index (χ3n) is 9.31. The first-order chi connectivity index (χ1) is 22.3. The van der Waals surface area contributed by atoms with Crippen molar-refractivity contribution in [2.45, 2.75) is 0 Å². The third-order valence-corrected chi connectivity index (χ3v) is 9.31. The highest BCUT2D eigenvalue weighted by atomic mass is 16.3. The molecule has 0 saturated carbocycles. The molecule has 0 aliphatic rings. The number of para-hydroxylation sites is 3. The van der Waals surface area contributed by atoms with Crippen LogP contribution in [0.3, 0.4) is 0 Å². The first-order valence-electron chi connectivity index (χ1n) is 15.4. The fourth-order valence-electron chi connectivity index (χ4n) is 7.33. The summed E-state index contributed by atoms with van der Waals surface area (Å²) < 4.78 is 11.4. The molecule has 10 aromatic rings. The van der Waals surface area contributed by atoms with E-state index in [2.05, 4.69) is 161 Å². The molecule has 0 fully saturated rings. The van der Waals surface area contributed by atoms with Gasteiger partial charge in [-0.2, -0.15) is 0 Å². The highest BCUT2D eigenvalue weighted by molar-refractivity contribution is 6.24. The molecule has 0 atom stereocenters. The Morgan fingerprint density at radius 1 is 0.356 bits per heavy atom. The van der Waals surface area contributed by atoms with Crippen LogP contribution in [0.15, 0.2) is 162 Å². The number of hydrogen-bond donors (Lipinski definition) is 0. The number of hydrogen-bond acceptors (Lipinski definition) is 1. The Morgan fingerprint density at radius 3 is 1.89 bits per heavy atom. The lowest BCUT2D eigenvalue weighted by molar-refractivity contribution is 0.673. The van der Waals surface area contributed by atoms with Gasteiger partial charge in [-0.1, -0.05) is 91.0 Å². The summed E-state index contributed by atoms with van der Waals surface area (Å²) in [5.41, 5.74) is 11.2. The SMILES string of the molecule is c1ccc(-c2ccc3c(c2)c2ccccc2n3-c2ccc3c4c5oc6ccccc6c5ccc4n(-c4ccccc4)c3c2)cc1. The maximum absolute atomic E-state index is 6.57. The molecule has 0 aliphatic heterocycles. The van der Waals surface area contributed by atoms with E-state index in [9.17, 15) is 0 Å². The molecule has 0 bridgehead atoms. The summed E-state index contributed by atoms with van der Waals surface area (Å²) >= 11 is 0. The number of rotatable bonds is 3. The van der Waals surface area contributed by atoms with Gasteiger partial charge in [0.1, 0.15) is 11.2 Å². The molecular weight excluding hydrogens is 548 g/mol. The van der Waals surface area contributed by atoms with Crippen LogP contribution >= 0.6 is 0 Å². The third kappa shape index (κ3) is 3.46. The predicted molar refractivity (Wildman–Crippen MR) is 188 cm³/mol. The van der Waals surface area contributed by atoms with Gasteiger partial charge in [-0.05, 0) is 77.9 Å². The highest BCUT2D eigenvalue weighted by Gasteiger charge is 2.20. The largest absolute Gasteiger partial charge is 0.455 e. The minimum absolute atomic E-state index is 0.914. The minimum Gasteiger partial charge on any atom is -0.455 e. The minimum atomic E-state index is 0.914. The Morgan fingerprint density at radius 2 is 1.02 bits per heavy atom. The quantitative estimate of drug-likeness (QED) is 0.206. The molecule has 0 amide bonds. The fraction of sp³-hybridized carbons (Fsp3) is 0. The average molecular weight is 575 g/mol.